The number of aromatic nitrogens is 3. The summed E-state index contributed by atoms with van der Waals surface area (Å²) in [5.74, 6) is 0.0488. The van der Waals surface area contributed by atoms with E-state index >= 15 is 0 Å². The lowest BCUT2D eigenvalue weighted by Gasteiger charge is -2.10. The molecule has 0 aliphatic carbocycles. The molecule has 2 N–H and O–H groups in total. The van der Waals surface area contributed by atoms with Crippen LogP contribution in [0.15, 0.2) is 42.5 Å². The van der Waals surface area contributed by atoms with Gasteiger partial charge in [-0.15, -0.1) is 5.10 Å². The average Bonchev–Trinajstić information content (AvgIpc) is 2.94. The van der Waals surface area contributed by atoms with Gasteiger partial charge in [-0.3, -0.25) is 9.89 Å². The molecule has 0 bridgehead atoms. The lowest BCUT2D eigenvalue weighted by atomic mass is 10.1. The van der Waals surface area contributed by atoms with Crippen LogP contribution >= 0.6 is 0 Å². The van der Waals surface area contributed by atoms with Gasteiger partial charge >= 0.3 is 0 Å². The lowest BCUT2D eigenvalue weighted by Crippen LogP contribution is -2.05. The van der Waals surface area contributed by atoms with E-state index in [0.29, 0.717) is 12.1 Å². The van der Waals surface area contributed by atoms with Crippen LogP contribution in [0.3, 0.4) is 0 Å². The Balaban J connectivity index is 1.87. The molecule has 2 aromatic carbocycles. The zero-order valence-corrected chi connectivity index (χ0v) is 11.1. The molecule has 3 aromatic rings. The second kappa shape index (κ2) is 5.13. The first-order chi connectivity index (χ1) is 9.75. The van der Waals surface area contributed by atoms with Gasteiger partial charge in [-0.1, -0.05) is 29.5 Å². The van der Waals surface area contributed by atoms with Crippen LogP contribution in [-0.4, -0.2) is 21.2 Å². The van der Waals surface area contributed by atoms with E-state index in [0.717, 1.165) is 22.3 Å². The Morgan fingerprint density at radius 2 is 2.05 bits per heavy atom. The molecule has 0 aliphatic rings. The van der Waals surface area contributed by atoms with Crippen molar-refractivity contribution >= 4 is 22.5 Å². The molecule has 1 aromatic heterocycles. The number of Topliss-reactive ketones (excluding diaryl/α,β-unsaturated/α-hetero) is 1. The molecule has 0 atom stereocenters. The zero-order chi connectivity index (χ0) is 13.9. The summed E-state index contributed by atoms with van der Waals surface area (Å²) in [4.78, 5) is 11.6. The highest BCUT2D eigenvalue weighted by molar-refractivity contribution is 5.99. The average molecular weight is 266 g/mol. The van der Waals surface area contributed by atoms with Crippen LogP contribution in [0.2, 0.25) is 0 Å². The molecule has 5 nitrogen and oxygen atoms in total. The molecule has 0 unspecified atom stereocenters. The highest BCUT2D eigenvalue weighted by Gasteiger charge is 2.08. The molecule has 0 amide bonds. The first-order valence-electron chi connectivity index (χ1n) is 6.38. The third-order valence-electron chi connectivity index (χ3n) is 3.22. The summed E-state index contributed by atoms with van der Waals surface area (Å²) in [5, 5.41) is 14.0. The third-order valence-corrected chi connectivity index (χ3v) is 3.22. The predicted molar refractivity (Wildman–Crippen MR) is 77.7 cm³/mol. The van der Waals surface area contributed by atoms with Crippen molar-refractivity contribution in [2.75, 3.05) is 5.32 Å². The fourth-order valence-electron chi connectivity index (χ4n) is 2.21. The number of nitrogens with zero attached hydrogens (tertiary/aromatic N) is 2. The van der Waals surface area contributed by atoms with Crippen LogP contribution in [0.25, 0.3) is 11.0 Å². The molecule has 0 spiro atoms. The predicted octanol–water partition coefficient (Wildman–Crippen LogP) is 2.77. The summed E-state index contributed by atoms with van der Waals surface area (Å²) in [6.45, 7) is 2.16. The van der Waals surface area contributed by atoms with Crippen molar-refractivity contribution in [2.24, 2.45) is 0 Å². The van der Waals surface area contributed by atoms with E-state index < -0.39 is 0 Å². The minimum Gasteiger partial charge on any atom is -0.380 e. The molecule has 0 fully saturated rings. The Morgan fingerprint density at radius 1 is 1.20 bits per heavy atom. The van der Waals surface area contributed by atoms with Crippen LogP contribution in [0.1, 0.15) is 22.8 Å². The maximum atomic E-state index is 11.6. The maximum absolute atomic E-state index is 11.6. The van der Waals surface area contributed by atoms with Crippen molar-refractivity contribution in [2.45, 2.75) is 13.5 Å². The van der Waals surface area contributed by atoms with Crippen LogP contribution in [0, 0.1) is 0 Å². The number of rotatable bonds is 4. The molecular weight excluding hydrogens is 252 g/mol. The quantitative estimate of drug-likeness (QED) is 0.712. The van der Waals surface area contributed by atoms with E-state index in [1.165, 1.54) is 0 Å². The number of nitrogens with one attached hydrogen (secondary N) is 2. The van der Waals surface area contributed by atoms with Gasteiger partial charge in [-0.25, -0.2) is 0 Å². The minimum atomic E-state index is 0.0488. The molecule has 1 heterocycles. The van der Waals surface area contributed by atoms with Gasteiger partial charge in [0.25, 0.3) is 0 Å². The van der Waals surface area contributed by atoms with Crippen molar-refractivity contribution in [1.82, 2.24) is 15.4 Å². The van der Waals surface area contributed by atoms with E-state index in [-0.39, 0.29) is 5.78 Å². The van der Waals surface area contributed by atoms with Gasteiger partial charge in [0.05, 0.1) is 5.52 Å². The number of aromatic amines is 1. The molecule has 0 aliphatic heterocycles. The first-order valence-corrected chi connectivity index (χ1v) is 6.38. The first kappa shape index (κ1) is 12.3. The Morgan fingerprint density at radius 3 is 2.90 bits per heavy atom. The van der Waals surface area contributed by atoms with Crippen molar-refractivity contribution in [3.05, 3.63) is 53.6 Å². The molecule has 100 valence electrons. The smallest absolute Gasteiger partial charge is 0.161 e. The normalized spacial score (nSPS) is 10.7. The van der Waals surface area contributed by atoms with Gasteiger partial charge in [-0.2, -0.15) is 0 Å². The van der Waals surface area contributed by atoms with Crippen LogP contribution in [0.4, 0.5) is 5.69 Å². The summed E-state index contributed by atoms with van der Waals surface area (Å²) >= 11 is 0. The number of hydrogen-bond acceptors (Lipinski definition) is 4. The number of hydrogen-bond donors (Lipinski definition) is 2. The van der Waals surface area contributed by atoms with Crippen molar-refractivity contribution in [3.63, 3.8) is 0 Å². The SMILES string of the molecule is CC(=O)c1ccccc1NCc1cccc2[nH]nnc12. The third kappa shape index (κ3) is 2.25. The van der Waals surface area contributed by atoms with Crippen LogP contribution in [0.5, 0.6) is 0 Å². The van der Waals surface area contributed by atoms with Gasteiger partial charge in [0.1, 0.15) is 5.52 Å². The van der Waals surface area contributed by atoms with E-state index in [9.17, 15) is 4.79 Å². The number of H-pyrrole nitrogens is 1. The van der Waals surface area contributed by atoms with Gasteiger partial charge in [0, 0.05) is 23.4 Å². The monoisotopic (exact) mass is 266 g/mol. The molecule has 3 rings (SSSR count). The number of para-hydroxylation sites is 1. The topological polar surface area (TPSA) is 70.7 Å². The van der Waals surface area contributed by atoms with E-state index in [1.807, 2.05) is 42.5 Å². The van der Waals surface area contributed by atoms with Gasteiger partial charge in [0.2, 0.25) is 0 Å². The number of carbonyl (C=O) groups is 1. The molecule has 5 heteroatoms. The summed E-state index contributed by atoms with van der Waals surface area (Å²) in [5.41, 5.74) is 4.32. The van der Waals surface area contributed by atoms with Crippen molar-refractivity contribution < 1.29 is 4.79 Å². The Labute approximate surface area is 116 Å². The Bertz CT molecular complexity index is 763. The lowest BCUT2D eigenvalue weighted by molar-refractivity contribution is 0.101. The highest BCUT2D eigenvalue weighted by Crippen LogP contribution is 2.19. The summed E-state index contributed by atoms with van der Waals surface area (Å²) < 4.78 is 0. The summed E-state index contributed by atoms with van der Waals surface area (Å²) in [6, 6.07) is 13.4. The summed E-state index contributed by atoms with van der Waals surface area (Å²) in [7, 11) is 0. The fraction of sp³-hybridized carbons (Fsp3) is 0.133. The molecule has 0 radical (unpaired) electrons. The number of carbonyl (C=O) groups excluding carboxylic acids is 1. The standard InChI is InChI=1S/C15H14N4O/c1-10(20)12-6-2-3-7-13(12)16-9-11-5-4-8-14-15(11)18-19-17-14/h2-8,16H,9H2,1H3,(H,17,18,19). The second-order valence-electron chi connectivity index (χ2n) is 4.58. The highest BCUT2D eigenvalue weighted by atomic mass is 16.1. The molecule has 0 saturated heterocycles. The zero-order valence-electron chi connectivity index (χ0n) is 11.1. The van der Waals surface area contributed by atoms with Gasteiger partial charge in [-0.05, 0) is 25.1 Å². The van der Waals surface area contributed by atoms with Crippen LogP contribution in [-0.2, 0) is 6.54 Å². The summed E-state index contributed by atoms with van der Waals surface area (Å²) in [6.07, 6.45) is 0. The van der Waals surface area contributed by atoms with E-state index in [4.69, 9.17) is 0 Å². The largest absolute Gasteiger partial charge is 0.380 e. The molecular formula is C15H14N4O. The Hall–Kier alpha value is -2.69. The fourth-order valence-corrected chi connectivity index (χ4v) is 2.21. The number of fused-ring (bicyclic) bond motifs is 1. The van der Waals surface area contributed by atoms with Crippen molar-refractivity contribution in [3.8, 4) is 0 Å². The second-order valence-corrected chi connectivity index (χ2v) is 4.58. The Kier molecular flexibility index (Phi) is 3.16. The van der Waals surface area contributed by atoms with Gasteiger partial charge < -0.3 is 5.32 Å². The van der Waals surface area contributed by atoms with E-state index in [2.05, 4.69) is 20.7 Å². The number of ketones is 1. The number of anilines is 1. The van der Waals surface area contributed by atoms with Crippen molar-refractivity contribution in [1.29, 1.82) is 0 Å². The minimum absolute atomic E-state index is 0.0488. The molecule has 20 heavy (non-hydrogen) atoms. The van der Waals surface area contributed by atoms with Crippen LogP contribution < -0.4 is 5.32 Å². The molecule has 0 saturated carbocycles. The maximum Gasteiger partial charge on any atom is 0.161 e. The van der Waals surface area contributed by atoms with Gasteiger partial charge in [0.15, 0.2) is 5.78 Å². The number of benzene rings is 2. The van der Waals surface area contributed by atoms with E-state index in [1.54, 1.807) is 6.92 Å².